The van der Waals surface area contributed by atoms with Gasteiger partial charge in [0.15, 0.2) is 0 Å². The molecule has 0 aromatic carbocycles. The molecule has 0 atom stereocenters. The van der Waals surface area contributed by atoms with Crippen molar-refractivity contribution in [3.63, 3.8) is 0 Å². The van der Waals surface area contributed by atoms with Crippen molar-refractivity contribution < 1.29 is 14.6 Å². The topological polar surface area (TPSA) is 79.0 Å². The maximum atomic E-state index is 12.0. The summed E-state index contributed by atoms with van der Waals surface area (Å²) in [4.78, 5) is 16.1. The van der Waals surface area contributed by atoms with Gasteiger partial charge in [0.25, 0.3) is 0 Å². The zero-order chi connectivity index (χ0) is 15.7. The van der Waals surface area contributed by atoms with Gasteiger partial charge in [0.05, 0.1) is 6.10 Å². The number of nitrogens with two attached hydrogens (primary N) is 1. The Morgan fingerprint density at radius 2 is 1.86 bits per heavy atom. The standard InChI is InChI=1S/C15H29N3O3/c1-14(2,3)21-13(20)18-8-6-17(7-9-18)5-4-15(16)10-12(19)11-15/h12,19H,4-11,16H2,1-3H3. The third-order valence-corrected chi connectivity index (χ3v) is 4.23. The molecule has 122 valence electrons. The second kappa shape index (κ2) is 6.10. The van der Waals surface area contributed by atoms with Crippen molar-refractivity contribution in [2.24, 2.45) is 5.73 Å². The van der Waals surface area contributed by atoms with Crippen LogP contribution in [0.25, 0.3) is 0 Å². The number of nitrogens with zero attached hydrogens (tertiary/aromatic N) is 2. The van der Waals surface area contributed by atoms with E-state index in [0.29, 0.717) is 25.9 Å². The Balaban J connectivity index is 1.67. The summed E-state index contributed by atoms with van der Waals surface area (Å²) >= 11 is 0. The first-order valence-electron chi connectivity index (χ1n) is 7.84. The van der Waals surface area contributed by atoms with Crippen LogP contribution >= 0.6 is 0 Å². The van der Waals surface area contributed by atoms with E-state index < -0.39 is 5.60 Å². The molecule has 1 saturated carbocycles. The molecule has 0 aromatic heterocycles. The number of piperazine rings is 1. The summed E-state index contributed by atoms with van der Waals surface area (Å²) in [7, 11) is 0. The fraction of sp³-hybridized carbons (Fsp3) is 0.933. The van der Waals surface area contributed by atoms with Crippen LogP contribution in [0.15, 0.2) is 0 Å². The van der Waals surface area contributed by atoms with E-state index in [9.17, 15) is 9.90 Å². The molecule has 6 nitrogen and oxygen atoms in total. The monoisotopic (exact) mass is 299 g/mol. The summed E-state index contributed by atoms with van der Waals surface area (Å²) in [6.45, 7) is 9.71. The van der Waals surface area contributed by atoms with E-state index in [-0.39, 0.29) is 17.7 Å². The lowest BCUT2D eigenvalue weighted by Crippen LogP contribution is -2.57. The Kier molecular flexibility index (Phi) is 4.80. The molecular formula is C15H29N3O3. The molecule has 3 N–H and O–H groups in total. The molecule has 0 spiro atoms. The van der Waals surface area contributed by atoms with E-state index >= 15 is 0 Å². The molecule has 1 aliphatic carbocycles. The van der Waals surface area contributed by atoms with Crippen LogP contribution in [0.5, 0.6) is 0 Å². The molecule has 2 rings (SSSR count). The largest absolute Gasteiger partial charge is 0.444 e. The van der Waals surface area contributed by atoms with E-state index in [1.54, 1.807) is 4.90 Å². The third kappa shape index (κ3) is 4.83. The van der Waals surface area contributed by atoms with Gasteiger partial charge >= 0.3 is 6.09 Å². The van der Waals surface area contributed by atoms with Crippen molar-refractivity contribution in [3.05, 3.63) is 0 Å². The van der Waals surface area contributed by atoms with Gasteiger partial charge in [-0.15, -0.1) is 0 Å². The van der Waals surface area contributed by atoms with E-state index in [4.69, 9.17) is 10.5 Å². The highest BCUT2D eigenvalue weighted by atomic mass is 16.6. The van der Waals surface area contributed by atoms with Crippen LogP contribution < -0.4 is 5.73 Å². The molecule has 0 unspecified atom stereocenters. The minimum atomic E-state index is -0.439. The molecule has 0 aromatic rings. The molecule has 2 fully saturated rings. The summed E-state index contributed by atoms with van der Waals surface area (Å²) in [5.74, 6) is 0. The van der Waals surface area contributed by atoms with Gasteiger partial charge in [-0.25, -0.2) is 4.79 Å². The fourth-order valence-corrected chi connectivity index (χ4v) is 2.94. The Morgan fingerprint density at radius 1 is 1.29 bits per heavy atom. The van der Waals surface area contributed by atoms with E-state index in [1.165, 1.54) is 0 Å². The third-order valence-electron chi connectivity index (χ3n) is 4.23. The number of carbonyl (C=O) groups excluding carboxylic acids is 1. The molecule has 1 heterocycles. The normalized spacial score (nSPS) is 30.9. The van der Waals surface area contributed by atoms with E-state index in [0.717, 1.165) is 26.1 Å². The van der Waals surface area contributed by atoms with Gasteiger partial charge in [0.1, 0.15) is 5.60 Å². The minimum Gasteiger partial charge on any atom is -0.444 e. The predicted molar refractivity (Wildman–Crippen MR) is 81.0 cm³/mol. The summed E-state index contributed by atoms with van der Waals surface area (Å²) in [5, 5.41) is 9.36. The smallest absolute Gasteiger partial charge is 0.410 e. The second-order valence-corrected chi connectivity index (χ2v) is 7.48. The quantitative estimate of drug-likeness (QED) is 0.805. The summed E-state index contributed by atoms with van der Waals surface area (Å²) in [6, 6.07) is 0. The zero-order valence-corrected chi connectivity index (χ0v) is 13.5. The first-order valence-corrected chi connectivity index (χ1v) is 7.84. The van der Waals surface area contributed by atoms with Crippen LogP contribution in [-0.2, 0) is 4.74 Å². The average Bonchev–Trinajstić information content (AvgIpc) is 2.33. The first-order chi connectivity index (χ1) is 9.67. The maximum Gasteiger partial charge on any atom is 0.410 e. The molecule has 2 aliphatic rings. The highest BCUT2D eigenvalue weighted by Gasteiger charge is 2.39. The Hall–Kier alpha value is -0.850. The van der Waals surface area contributed by atoms with Crippen LogP contribution in [0, 0.1) is 0 Å². The zero-order valence-electron chi connectivity index (χ0n) is 13.5. The van der Waals surface area contributed by atoms with Crippen molar-refractivity contribution in [3.8, 4) is 0 Å². The highest BCUT2D eigenvalue weighted by Crippen LogP contribution is 2.32. The van der Waals surface area contributed by atoms with Crippen LogP contribution in [0.4, 0.5) is 4.79 Å². The van der Waals surface area contributed by atoms with Gasteiger partial charge in [0, 0.05) is 38.3 Å². The Morgan fingerprint density at radius 3 is 2.33 bits per heavy atom. The second-order valence-electron chi connectivity index (χ2n) is 7.48. The van der Waals surface area contributed by atoms with Crippen molar-refractivity contribution in [2.45, 2.75) is 57.3 Å². The van der Waals surface area contributed by atoms with Crippen molar-refractivity contribution in [1.82, 2.24) is 9.80 Å². The number of amides is 1. The minimum absolute atomic E-state index is 0.179. The van der Waals surface area contributed by atoms with Crippen LogP contribution in [0.3, 0.4) is 0 Å². The van der Waals surface area contributed by atoms with Crippen molar-refractivity contribution in [2.75, 3.05) is 32.7 Å². The predicted octanol–water partition coefficient (Wildman–Crippen LogP) is 0.781. The van der Waals surface area contributed by atoms with E-state index in [1.807, 2.05) is 20.8 Å². The van der Waals surface area contributed by atoms with Crippen molar-refractivity contribution in [1.29, 1.82) is 0 Å². The van der Waals surface area contributed by atoms with Gasteiger partial charge in [-0.05, 0) is 40.0 Å². The fourth-order valence-electron chi connectivity index (χ4n) is 2.94. The number of hydrogen-bond donors (Lipinski definition) is 2. The van der Waals surface area contributed by atoms with Gasteiger partial charge < -0.3 is 20.5 Å². The van der Waals surface area contributed by atoms with Gasteiger partial charge in [0.2, 0.25) is 0 Å². The molecule has 0 radical (unpaired) electrons. The molecule has 0 bridgehead atoms. The average molecular weight is 299 g/mol. The molecule has 1 aliphatic heterocycles. The van der Waals surface area contributed by atoms with Gasteiger partial charge in [-0.3, -0.25) is 4.90 Å². The molecule has 6 heteroatoms. The van der Waals surface area contributed by atoms with Gasteiger partial charge in [-0.1, -0.05) is 0 Å². The summed E-state index contributed by atoms with van der Waals surface area (Å²) in [6.07, 6.45) is 1.91. The molecular weight excluding hydrogens is 270 g/mol. The molecule has 21 heavy (non-hydrogen) atoms. The summed E-state index contributed by atoms with van der Waals surface area (Å²) in [5.41, 5.74) is 5.57. The van der Waals surface area contributed by atoms with Crippen LogP contribution in [0.2, 0.25) is 0 Å². The first kappa shape index (κ1) is 16.5. The van der Waals surface area contributed by atoms with Crippen molar-refractivity contribution >= 4 is 6.09 Å². The maximum absolute atomic E-state index is 12.0. The lowest BCUT2D eigenvalue weighted by atomic mass is 9.73. The lowest BCUT2D eigenvalue weighted by Gasteiger charge is -2.44. The SMILES string of the molecule is CC(C)(C)OC(=O)N1CCN(CCC2(N)CC(O)C2)CC1. The lowest BCUT2D eigenvalue weighted by molar-refractivity contribution is 0.00300. The molecule has 1 saturated heterocycles. The number of rotatable bonds is 3. The number of hydrogen-bond acceptors (Lipinski definition) is 5. The Labute approximate surface area is 127 Å². The number of aliphatic hydroxyl groups is 1. The summed E-state index contributed by atoms with van der Waals surface area (Å²) < 4.78 is 5.39. The number of aliphatic hydroxyl groups excluding tert-OH is 1. The van der Waals surface area contributed by atoms with E-state index in [2.05, 4.69) is 4.90 Å². The Bertz CT molecular complexity index is 367. The van der Waals surface area contributed by atoms with Gasteiger partial charge in [-0.2, -0.15) is 0 Å². The number of carbonyl (C=O) groups is 1. The number of ether oxygens (including phenoxy) is 1. The van der Waals surface area contributed by atoms with Crippen LogP contribution in [-0.4, -0.2) is 71.0 Å². The molecule has 1 amide bonds. The van der Waals surface area contributed by atoms with Crippen LogP contribution in [0.1, 0.15) is 40.0 Å². The highest BCUT2D eigenvalue weighted by molar-refractivity contribution is 5.68.